The van der Waals surface area contributed by atoms with Gasteiger partial charge in [0.25, 0.3) is 5.88 Å². The minimum Gasteiger partial charge on any atom is -0.478 e. The smallest absolute Gasteiger partial charge is 0.408 e. The number of hydrogen-bond acceptors (Lipinski definition) is 5. The Morgan fingerprint density at radius 2 is 1.95 bits per heavy atom. The van der Waals surface area contributed by atoms with Gasteiger partial charge < -0.3 is 14.8 Å². The van der Waals surface area contributed by atoms with Crippen LogP contribution in [0.2, 0.25) is 0 Å². The quantitative estimate of drug-likeness (QED) is 0.325. The maximum atomic E-state index is 12.6. The van der Waals surface area contributed by atoms with Crippen molar-refractivity contribution in [1.29, 1.82) is 0 Å². The van der Waals surface area contributed by atoms with E-state index in [9.17, 15) is 4.79 Å². The standard InChI is InChI=1S/C31H38N4O3/c1-7-14-23(31(19-13-20-31)34-29(36)38-30(3,4)5)17-12-18-25-26(22-15-10-9-11-16-22)35-21-24(8-2)32-28(37-6)27(35)33-25/h7,9-12,14-17,21H,1,8,13,18-20H2,2-6H3,(H,34,36). The summed E-state index contributed by atoms with van der Waals surface area (Å²) in [6, 6.07) is 10.2. The first-order valence-electron chi connectivity index (χ1n) is 13.2. The van der Waals surface area contributed by atoms with Gasteiger partial charge in [0.1, 0.15) is 5.60 Å². The Labute approximate surface area is 225 Å². The molecule has 7 nitrogen and oxygen atoms in total. The zero-order valence-electron chi connectivity index (χ0n) is 23.1. The second kappa shape index (κ2) is 11.3. The summed E-state index contributed by atoms with van der Waals surface area (Å²) in [5, 5.41) is 3.13. The summed E-state index contributed by atoms with van der Waals surface area (Å²) < 4.78 is 13.2. The number of rotatable bonds is 9. The van der Waals surface area contributed by atoms with E-state index >= 15 is 0 Å². The Kier molecular flexibility index (Phi) is 8.05. The van der Waals surface area contributed by atoms with E-state index in [0.29, 0.717) is 17.9 Å². The van der Waals surface area contributed by atoms with Gasteiger partial charge in [-0.3, -0.25) is 4.40 Å². The van der Waals surface area contributed by atoms with Crippen LogP contribution in [-0.4, -0.2) is 38.7 Å². The van der Waals surface area contributed by atoms with Crippen LogP contribution in [0.15, 0.2) is 73.0 Å². The first kappa shape index (κ1) is 27.2. The van der Waals surface area contributed by atoms with Crippen molar-refractivity contribution >= 4 is 11.7 Å². The average molecular weight is 515 g/mol. The third kappa shape index (κ3) is 5.82. The number of aromatic nitrogens is 3. The van der Waals surface area contributed by atoms with Crippen LogP contribution in [0.3, 0.4) is 0 Å². The largest absolute Gasteiger partial charge is 0.478 e. The molecule has 1 aromatic carbocycles. The maximum absolute atomic E-state index is 12.6. The summed E-state index contributed by atoms with van der Waals surface area (Å²) in [5.74, 6) is 0.513. The van der Waals surface area contributed by atoms with Crippen molar-refractivity contribution in [2.24, 2.45) is 0 Å². The van der Waals surface area contributed by atoms with Crippen molar-refractivity contribution in [3.8, 4) is 17.1 Å². The zero-order chi connectivity index (χ0) is 27.3. The highest BCUT2D eigenvalue weighted by atomic mass is 16.6. The van der Waals surface area contributed by atoms with E-state index in [1.165, 1.54) is 0 Å². The highest BCUT2D eigenvalue weighted by Crippen LogP contribution is 2.39. The summed E-state index contributed by atoms with van der Waals surface area (Å²) in [4.78, 5) is 22.2. The fraction of sp³-hybridized carbons (Fsp3) is 0.387. The number of alkyl carbamates (subject to hydrolysis) is 1. The molecule has 1 aliphatic rings. The van der Waals surface area contributed by atoms with Gasteiger partial charge >= 0.3 is 6.09 Å². The van der Waals surface area contributed by atoms with Gasteiger partial charge in [-0.25, -0.2) is 14.8 Å². The molecular weight excluding hydrogens is 476 g/mol. The molecule has 0 unspecified atom stereocenters. The number of methoxy groups -OCH3 is 1. The number of fused-ring (bicyclic) bond motifs is 1. The third-order valence-electron chi connectivity index (χ3n) is 6.71. The lowest BCUT2D eigenvalue weighted by molar-refractivity contribution is 0.0425. The SMILES string of the molecule is C=CC=C(C=CCc1nc2c(OC)nc(CC)cn2c1-c1ccccc1)C1(NC(=O)OC(C)(C)C)CCC1. The lowest BCUT2D eigenvalue weighted by Crippen LogP contribution is -2.55. The number of nitrogens with one attached hydrogen (secondary N) is 1. The molecule has 1 fully saturated rings. The zero-order valence-corrected chi connectivity index (χ0v) is 23.1. The molecule has 0 atom stereocenters. The van der Waals surface area contributed by atoms with Crippen LogP contribution in [0.5, 0.6) is 5.88 Å². The van der Waals surface area contributed by atoms with E-state index in [1.807, 2.05) is 51.2 Å². The lowest BCUT2D eigenvalue weighted by atomic mass is 9.71. The Morgan fingerprint density at radius 3 is 2.53 bits per heavy atom. The van der Waals surface area contributed by atoms with Crippen LogP contribution in [-0.2, 0) is 17.6 Å². The molecule has 4 rings (SSSR count). The minimum absolute atomic E-state index is 0.404. The van der Waals surface area contributed by atoms with Gasteiger partial charge in [0.15, 0.2) is 0 Å². The van der Waals surface area contributed by atoms with E-state index in [4.69, 9.17) is 14.5 Å². The van der Waals surface area contributed by atoms with Gasteiger partial charge in [0.05, 0.1) is 29.7 Å². The number of nitrogens with zero attached hydrogens (tertiary/aromatic N) is 3. The third-order valence-corrected chi connectivity index (χ3v) is 6.71. The summed E-state index contributed by atoms with van der Waals surface area (Å²) in [7, 11) is 1.63. The first-order valence-corrected chi connectivity index (χ1v) is 13.2. The van der Waals surface area contributed by atoms with Gasteiger partial charge in [-0.15, -0.1) is 0 Å². The monoisotopic (exact) mass is 514 g/mol. The molecule has 1 aliphatic carbocycles. The number of carbonyl (C=O) groups excluding carboxylic acids is 1. The Morgan fingerprint density at radius 1 is 1.21 bits per heavy atom. The molecule has 0 bridgehead atoms. The van der Waals surface area contributed by atoms with Gasteiger partial charge in [0.2, 0.25) is 5.65 Å². The van der Waals surface area contributed by atoms with Crippen molar-refractivity contribution < 1.29 is 14.3 Å². The number of aryl methyl sites for hydroxylation is 1. The fourth-order valence-electron chi connectivity index (χ4n) is 4.78. The van der Waals surface area contributed by atoms with E-state index in [2.05, 4.69) is 52.5 Å². The maximum Gasteiger partial charge on any atom is 0.408 e. The Hall–Kier alpha value is -3.87. The van der Waals surface area contributed by atoms with Crippen molar-refractivity contribution in [3.63, 3.8) is 0 Å². The van der Waals surface area contributed by atoms with Gasteiger partial charge in [-0.05, 0) is 52.0 Å². The highest BCUT2D eigenvalue weighted by molar-refractivity contribution is 5.71. The molecule has 0 spiro atoms. The van der Waals surface area contributed by atoms with E-state index < -0.39 is 17.2 Å². The summed E-state index contributed by atoms with van der Waals surface area (Å²) in [5.41, 5.74) is 4.61. The molecule has 0 aliphatic heterocycles. The molecular formula is C31H38N4O3. The normalized spacial score (nSPS) is 15.3. The molecule has 2 heterocycles. The average Bonchev–Trinajstić information content (AvgIpc) is 3.22. The molecule has 1 saturated carbocycles. The van der Waals surface area contributed by atoms with Crippen LogP contribution in [0.25, 0.3) is 16.9 Å². The second-order valence-electron chi connectivity index (χ2n) is 10.6. The molecule has 2 aromatic heterocycles. The summed E-state index contributed by atoms with van der Waals surface area (Å²) >= 11 is 0. The second-order valence-corrected chi connectivity index (χ2v) is 10.6. The highest BCUT2D eigenvalue weighted by Gasteiger charge is 2.41. The molecule has 0 radical (unpaired) electrons. The number of allylic oxidation sites excluding steroid dienone is 3. The number of ether oxygens (including phenoxy) is 2. The van der Waals surface area contributed by atoms with Crippen LogP contribution in [0, 0.1) is 0 Å². The van der Waals surface area contributed by atoms with E-state index in [1.54, 1.807) is 13.2 Å². The van der Waals surface area contributed by atoms with Crippen molar-refractivity contribution in [3.05, 3.63) is 84.4 Å². The van der Waals surface area contributed by atoms with Gasteiger partial charge in [-0.2, -0.15) is 0 Å². The van der Waals surface area contributed by atoms with Crippen molar-refractivity contribution in [2.45, 2.75) is 70.9 Å². The Balaban J connectivity index is 1.68. The molecule has 3 aromatic rings. The van der Waals surface area contributed by atoms with Crippen LogP contribution in [0.1, 0.15) is 58.3 Å². The topological polar surface area (TPSA) is 77.8 Å². The fourth-order valence-corrected chi connectivity index (χ4v) is 4.78. The molecule has 0 saturated heterocycles. The number of carbonyl (C=O) groups is 1. The van der Waals surface area contributed by atoms with Crippen LogP contribution >= 0.6 is 0 Å². The summed E-state index contributed by atoms with van der Waals surface area (Å²) in [6.45, 7) is 11.6. The van der Waals surface area contributed by atoms with Crippen molar-refractivity contribution in [1.82, 2.24) is 19.7 Å². The molecule has 7 heteroatoms. The first-order chi connectivity index (χ1) is 18.2. The number of benzene rings is 1. The molecule has 200 valence electrons. The number of amides is 1. The predicted molar refractivity (Wildman–Crippen MR) is 151 cm³/mol. The van der Waals surface area contributed by atoms with Gasteiger partial charge in [-0.1, -0.05) is 68.1 Å². The number of hydrogen-bond donors (Lipinski definition) is 1. The lowest BCUT2D eigenvalue weighted by Gasteiger charge is -2.43. The van der Waals surface area contributed by atoms with Crippen molar-refractivity contribution in [2.75, 3.05) is 7.11 Å². The Bertz CT molecular complexity index is 1360. The minimum atomic E-state index is -0.558. The predicted octanol–water partition coefficient (Wildman–Crippen LogP) is 6.63. The number of imidazole rings is 1. The van der Waals surface area contributed by atoms with Crippen LogP contribution < -0.4 is 10.1 Å². The van der Waals surface area contributed by atoms with Gasteiger partial charge in [0, 0.05) is 18.2 Å². The molecule has 1 amide bonds. The van der Waals surface area contributed by atoms with Crippen LogP contribution in [0.4, 0.5) is 4.79 Å². The van der Waals surface area contributed by atoms with E-state index in [0.717, 1.165) is 53.9 Å². The molecule has 38 heavy (non-hydrogen) atoms. The molecule has 1 N–H and O–H groups in total. The summed E-state index contributed by atoms with van der Waals surface area (Å²) in [6.07, 6.45) is 13.7. The van der Waals surface area contributed by atoms with E-state index in [-0.39, 0.29) is 0 Å².